The predicted molar refractivity (Wildman–Crippen MR) is 120 cm³/mol. The molecule has 0 aromatic carbocycles. The van der Waals surface area contributed by atoms with E-state index in [1.807, 2.05) is 18.1 Å². The predicted octanol–water partition coefficient (Wildman–Crippen LogP) is 1.99. The van der Waals surface area contributed by atoms with Crippen LogP contribution >= 0.6 is 0 Å². The number of rotatable bonds is 3. The van der Waals surface area contributed by atoms with Crippen molar-refractivity contribution in [3.8, 4) is 0 Å². The van der Waals surface area contributed by atoms with Crippen molar-refractivity contribution < 1.29 is 4.79 Å². The van der Waals surface area contributed by atoms with Gasteiger partial charge in [0.2, 0.25) is 0 Å². The first-order chi connectivity index (χ1) is 15.2. The molecule has 9 heteroatoms. The van der Waals surface area contributed by atoms with Crippen LogP contribution in [-0.4, -0.2) is 86.9 Å². The summed E-state index contributed by atoms with van der Waals surface area (Å²) in [6.45, 7) is 5.15. The molecule has 4 heterocycles. The molecule has 2 aromatic heterocycles. The lowest BCUT2D eigenvalue weighted by molar-refractivity contribution is 0.108. The van der Waals surface area contributed by atoms with Crippen LogP contribution in [0.1, 0.15) is 44.9 Å². The van der Waals surface area contributed by atoms with Gasteiger partial charge >= 0.3 is 6.03 Å². The van der Waals surface area contributed by atoms with Crippen molar-refractivity contribution in [2.24, 2.45) is 7.05 Å². The molecule has 0 spiro atoms. The van der Waals surface area contributed by atoms with Crippen molar-refractivity contribution in [1.82, 2.24) is 34.9 Å². The fourth-order valence-electron chi connectivity index (χ4n) is 5.49. The van der Waals surface area contributed by atoms with Gasteiger partial charge in [-0.25, -0.2) is 14.8 Å². The SMILES string of the molecule is Cn1ncc2c(N3CCN(C(=O)NC4CCCN(C5CCCCC5)C4)CC3)ncnc21. The Morgan fingerprint density at radius 1 is 1.00 bits per heavy atom. The molecule has 9 nitrogen and oxygen atoms in total. The molecule has 2 amide bonds. The van der Waals surface area contributed by atoms with Crippen molar-refractivity contribution in [3.63, 3.8) is 0 Å². The molecule has 2 aliphatic heterocycles. The van der Waals surface area contributed by atoms with Crippen molar-refractivity contribution in [2.45, 2.75) is 57.0 Å². The Hall–Kier alpha value is -2.42. The molecule has 1 saturated carbocycles. The summed E-state index contributed by atoms with van der Waals surface area (Å²) in [5.41, 5.74) is 0.838. The number of piperidine rings is 1. The zero-order valence-corrected chi connectivity index (χ0v) is 18.5. The Bertz CT molecular complexity index is 900. The monoisotopic (exact) mass is 426 g/mol. The second-order valence-electron chi connectivity index (χ2n) is 9.25. The maximum Gasteiger partial charge on any atom is 0.317 e. The van der Waals surface area contributed by atoms with Gasteiger partial charge in [-0.2, -0.15) is 5.10 Å². The summed E-state index contributed by atoms with van der Waals surface area (Å²) in [6.07, 6.45) is 12.5. The number of urea groups is 1. The van der Waals surface area contributed by atoms with Crippen LogP contribution in [-0.2, 0) is 7.05 Å². The lowest BCUT2D eigenvalue weighted by Crippen LogP contribution is -2.57. The molecule has 3 fully saturated rings. The van der Waals surface area contributed by atoms with E-state index < -0.39 is 0 Å². The molecular formula is C22H34N8O. The molecule has 3 aliphatic rings. The number of aromatic nitrogens is 4. The third-order valence-corrected chi connectivity index (χ3v) is 7.25. The number of aryl methyl sites for hydroxylation is 1. The van der Waals surface area contributed by atoms with Gasteiger partial charge in [-0.3, -0.25) is 9.58 Å². The Balaban J connectivity index is 1.15. The summed E-state index contributed by atoms with van der Waals surface area (Å²) in [4.78, 5) is 28.6. The summed E-state index contributed by atoms with van der Waals surface area (Å²) in [5, 5.41) is 8.61. The molecule has 1 atom stereocenters. The minimum atomic E-state index is 0.0874. The van der Waals surface area contributed by atoms with Crippen LogP contribution in [0.5, 0.6) is 0 Å². The lowest BCUT2D eigenvalue weighted by Gasteiger charge is -2.41. The quantitative estimate of drug-likeness (QED) is 0.808. The number of hydrogen-bond acceptors (Lipinski definition) is 6. The number of carbonyl (C=O) groups is 1. The number of hydrogen-bond donors (Lipinski definition) is 1. The number of nitrogens with one attached hydrogen (secondary N) is 1. The van der Waals surface area contributed by atoms with E-state index in [2.05, 4.69) is 30.2 Å². The second-order valence-corrected chi connectivity index (χ2v) is 9.25. The van der Waals surface area contributed by atoms with E-state index >= 15 is 0 Å². The van der Waals surface area contributed by atoms with Gasteiger partial charge in [0.15, 0.2) is 5.65 Å². The lowest BCUT2D eigenvalue weighted by atomic mass is 9.92. The molecule has 0 radical (unpaired) electrons. The normalized spacial score (nSPS) is 24.0. The smallest absolute Gasteiger partial charge is 0.317 e. The fraction of sp³-hybridized carbons (Fsp3) is 0.727. The summed E-state index contributed by atoms with van der Waals surface area (Å²) < 4.78 is 1.77. The van der Waals surface area contributed by atoms with E-state index in [9.17, 15) is 4.79 Å². The molecule has 0 bridgehead atoms. The molecule has 5 rings (SSSR count). The van der Waals surface area contributed by atoms with E-state index in [0.717, 1.165) is 48.9 Å². The standard InChI is InChI=1S/C22H34N8O/c1-27-20-19(14-25-27)21(24-16-23-20)28-10-12-29(13-11-28)22(31)26-17-6-5-9-30(15-17)18-7-3-2-4-8-18/h14,16-18H,2-13,15H2,1H3,(H,26,31). The Kier molecular flexibility index (Phi) is 5.93. The Labute approximate surface area is 183 Å². The minimum absolute atomic E-state index is 0.0874. The number of carbonyl (C=O) groups excluding carboxylic acids is 1. The second kappa shape index (κ2) is 8.98. The van der Waals surface area contributed by atoms with Crippen molar-refractivity contribution in [1.29, 1.82) is 0 Å². The Morgan fingerprint density at radius 3 is 2.61 bits per heavy atom. The van der Waals surface area contributed by atoms with Gasteiger partial charge in [0.1, 0.15) is 12.1 Å². The highest BCUT2D eigenvalue weighted by Crippen LogP contribution is 2.26. The number of amides is 2. The van der Waals surface area contributed by atoms with Crippen LogP contribution in [0.2, 0.25) is 0 Å². The van der Waals surface area contributed by atoms with E-state index in [1.54, 1.807) is 11.0 Å². The first-order valence-corrected chi connectivity index (χ1v) is 11.9. The van der Waals surface area contributed by atoms with Gasteiger partial charge in [0.25, 0.3) is 0 Å². The van der Waals surface area contributed by atoms with E-state index in [-0.39, 0.29) is 12.1 Å². The van der Waals surface area contributed by atoms with Crippen LogP contribution in [0, 0.1) is 0 Å². The first-order valence-electron chi connectivity index (χ1n) is 11.9. The van der Waals surface area contributed by atoms with Gasteiger partial charge in [-0.15, -0.1) is 0 Å². The van der Waals surface area contributed by atoms with E-state index in [1.165, 1.54) is 45.1 Å². The molecule has 31 heavy (non-hydrogen) atoms. The van der Waals surface area contributed by atoms with Crippen LogP contribution < -0.4 is 10.2 Å². The number of anilines is 1. The number of nitrogens with zero attached hydrogens (tertiary/aromatic N) is 7. The zero-order valence-electron chi connectivity index (χ0n) is 18.5. The van der Waals surface area contributed by atoms with Gasteiger partial charge in [0.05, 0.1) is 11.6 Å². The zero-order chi connectivity index (χ0) is 21.2. The highest BCUT2D eigenvalue weighted by atomic mass is 16.2. The largest absolute Gasteiger partial charge is 0.352 e. The summed E-state index contributed by atoms with van der Waals surface area (Å²) in [7, 11) is 1.89. The third-order valence-electron chi connectivity index (χ3n) is 7.25. The molecular weight excluding hydrogens is 392 g/mol. The highest BCUT2D eigenvalue weighted by Gasteiger charge is 2.30. The molecule has 2 saturated heterocycles. The molecule has 1 N–H and O–H groups in total. The first kappa shape index (κ1) is 20.5. The molecule has 1 aliphatic carbocycles. The summed E-state index contributed by atoms with van der Waals surface area (Å²) in [6, 6.07) is 1.09. The highest BCUT2D eigenvalue weighted by molar-refractivity contribution is 5.86. The summed E-state index contributed by atoms with van der Waals surface area (Å²) >= 11 is 0. The van der Waals surface area contributed by atoms with Crippen LogP contribution in [0.15, 0.2) is 12.5 Å². The van der Waals surface area contributed by atoms with Crippen molar-refractivity contribution >= 4 is 22.9 Å². The number of fused-ring (bicyclic) bond motifs is 1. The number of likely N-dealkylation sites (tertiary alicyclic amines) is 1. The molecule has 168 valence electrons. The van der Waals surface area contributed by atoms with Gasteiger partial charge in [-0.05, 0) is 32.2 Å². The van der Waals surface area contributed by atoms with E-state index in [4.69, 9.17) is 0 Å². The Morgan fingerprint density at radius 2 is 1.81 bits per heavy atom. The fourth-order valence-corrected chi connectivity index (χ4v) is 5.49. The summed E-state index contributed by atoms with van der Waals surface area (Å²) in [5.74, 6) is 0.911. The van der Waals surface area contributed by atoms with Gasteiger partial charge in [-0.1, -0.05) is 19.3 Å². The maximum absolute atomic E-state index is 12.9. The van der Waals surface area contributed by atoms with Crippen LogP contribution in [0.25, 0.3) is 11.0 Å². The van der Waals surface area contributed by atoms with E-state index in [0.29, 0.717) is 13.1 Å². The van der Waals surface area contributed by atoms with Gasteiger partial charge in [0, 0.05) is 51.9 Å². The van der Waals surface area contributed by atoms with Gasteiger partial charge < -0.3 is 15.1 Å². The molecule has 2 aromatic rings. The minimum Gasteiger partial charge on any atom is -0.352 e. The van der Waals surface area contributed by atoms with Crippen LogP contribution in [0.3, 0.4) is 0 Å². The number of piperazine rings is 1. The average molecular weight is 427 g/mol. The molecule has 1 unspecified atom stereocenters. The van der Waals surface area contributed by atoms with Crippen molar-refractivity contribution in [3.05, 3.63) is 12.5 Å². The maximum atomic E-state index is 12.9. The van der Waals surface area contributed by atoms with Crippen molar-refractivity contribution in [2.75, 3.05) is 44.2 Å². The van der Waals surface area contributed by atoms with Crippen LogP contribution in [0.4, 0.5) is 10.6 Å². The topological polar surface area (TPSA) is 82.4 Å². The third kappa shape index (κ3) is 4.33. The average Bonchev–Trinajstić information content (AvgIpc) is 3.21.